The number of nitrogens with one attached hydrogen (secondary N) is 1. The van der Waals surface area contributed by atoms with Gasteiger partial charge in [-0.25, -0.2) is 0 Å². The highest BCUT2D eigenvalue weighted by Gasteiger charge is 2.34. The maximum atomic E-state index is 5.82. The van der Waals surface area contributed by atoms with Crippen molar-refractivity contribution >= 4 is 5.96 Å². The quantitative estimate of drug-likeness (QED) is 0.533. The van der Waals surface area contributed by atoms with Gasteiger partial charge in [0.2, 0.25) is 0 Å². The summed E-state index contributed by atoms with van der Waals surface area (Å²) in [4.78, 5) is 6.58. The third-order valence-corrected chi connectivity index (χ3v) is 5.75. The van der Waals surface area contributed by atoms with Gasteiger partial charge in [0.25, 0.3) is 0 Å². The molecule has 6 heteroatoms. The molecule has 1 heterocycles. The smallest absolute Gasteiger partial charge is 0.193 e. The molecule has 1 aliphatic heterocycles. The van der Waals surface area contributed by atoms with Gasteiger partial charge in [-0.05, 0) is 42.7 Å². The molecule has 0 atom stereocenters. The van der Waals surface area contributed by atoms with E-state index in [0.717, 1.165) is 56.6 Å². The molecule has 30 heavy (non-hydrogen) atoms. The van der Waals surface area contributed by atoms with Gasteiger partial charge in [-0.2, -0.15) is 0 Å². The Balaban J connectivity index is 1.59. The lowest BCUT2D eigenvalue weighted by atomic mass is 9.74. The monoisotopic (exact) mass is 411 g/mol. The van der Waals surface area contributed by atoms with Crippen molar-refractivity contribution < 1.29 is 14.2 Å². The Morgan fingerprint density at radius 3 is 2.40 bits per heavy atom. The standard InChI is InChI=1S/C24H33N3O3/c1-25-23(27(2)15-18-30-22-7-5-4-6-8-22)26-19-24(13-16-29-17-14-24)20-9-11-21(28-3)12-10-20/h4-12H,13-19H2,1-3H3,(H,25,26). The molecular formula is C24H33N3O3. The van der Waals surface area contributed by atoms with Crippen molar-refractivity contribution in [2.45, 2.75) is 18.3 Å². The molecular weight excluding hydrogens is 378 g/mol. The summed E-state index contributed by atoms with van der Waals surface area (Å²) in [6, 6.07) is 18.3. The van der Waals surface area contributed by atoms with Crippen molar-refractivity contribution in [3.05, 3.63) is 60.2 Å². The number of hydrogen-bond acceptors (Lipinski definition) is 4. The molecule has 0 bridgehead atoms. The summed E-state index contributed by atoms with van der Waals surface area (Å²) in [7, 11) is 5.55. The van der Waals surface area contributed by atoms with E-state index in [4.69, 9.17) is 14.2 Å². The van der Waals surface area contributed by atoms with Crippen LogP contribution < -0.4 is 14.8 Å². The predicted molar refractivity (Wildman–Crippen MR) is 121 cm³/mol. The summed E-state index contributed by atoms with van der Waals surface area (Å²) in [5.41, 5.74) is 1.33. The molecule has 3 rings (SSSR count). The van der Waals surface area contributed by atoms with Gasteiger partial charge >= 0.3 is 0 Å². The van der Waals surface area contributed by atoms with E-state index >= 15 is 0 Å². The Labute approximate surface area is 179 Å². The van der Waals surface area contributed by atoms with Gasteiger partial charge in [-0.3, -0.25) is 4.99 Å². The van der Waals surface area contributed by atoms with Crippen LogP contribution in [0.25, 0.3) is 0 Å². The number of methoxy groups -OCH3 is 1. The second-order valence-corrected chi connectivity index (χ2v) is 7.61. The molecule has 6 nitrogen and oxygen atoms in total. The molecule has 0 unspecified atom stereocenters. The Hall–Kier alpha value is -2.73. The second-order valence-electron chi connectivity index (χ2n) is 7.61. The first-order valence-corrected chi connectivity index (χ1v) is 10.5. The zero-order valence-corrected chi connectivity index (χ0v) is 18.3. The fourth-order valence-corrected chi connectivity index (χ4v) is 3.83. The van der Waals surface area contributed by atoms with Crippen LogP contribution in [0, 0.1) is 0 Å². The maximum absolute atomic E-state index is 5.82. The number of guanidine groups is 1. The van der Waals surface area contributed by atoms with Gasteiger partial charge in [0, 0.05) is 39.3 Å². The van der Waals surface area contributed by atoms with E-state index in [9.17, 15) is 0 Å². The lowest BCUT2D eigenvalue weighted by molar-refractivity contribution is 0.0512. The molecule has 0 aliphatic carbocycles. The molecule has 0 amide bonds. The lowest BCUT2D eigenvalue weighted by Crippen LogP contribution is -2.49. The molecule has 1 fully saturated rings. The summed E-state index contributed by atoms with van der Waals surface area (Å²) < 4.78 is 16.8. The molecule has 162 valence electrons. The summed E-state index contributed by atoms with van der Waals surface area (Å²) in [6.07, 6.45) is 1.95. The molecule has 1 aliphatic rings. The van der Waals surface area contributed by atoms with Crippen molar-refractivity contribution in [1.82, 2.24) is 10.2 Å². The van der Waals surface area contributed by atoms with Gasteiger partial charge in [0.05, 0.1) is 13.7 Å². The maximum Gasteiger partial charge on any atom is 0.193 e. The number of nitrogens with zero attached hydrogens (tertiary/aromatic N) is 2. The number of ether oxygens (including phenoxy) is 3. The number of benzene rings is 2. The van der Waals surface area contributed by atoms with Crippen LogP contribution in [0.5, 0.6) is 11.5 Å². The third-order valence-electron chi connectivity index (χ3n) is 5.75. The first kappa shape index (κ1) is 22.0. The van der Waals surface area contributed by atoms with Crippen LogP contribution in [-0.2, 0) is 10.2 Å². The highest BCUT2D eigenvalue weighted by atomic mass is 16.5. The van der Waals surface area contributed by atoms with Crippen LogP contribution in [0.1, 0.15) is 18.4 Å². The van der Waals surface area contributed by atoms with E-state index < -0.39 is 0 Å². The number of rotatable bonds is 8. The number of para-hydroxylation sites is 1. The van der Waals surface area contributed by atoms with Gasteiger partial charge in [-0.15, -0.1) is 0 Å². The number of likely N-dealkylation sites (N-methyl/N-ethyl adjacent to an activating group) is 1. The SMILES string of the molecule is CN=C(NCC1(c2ccc(OC)cc2)CCOCC1)N(C)CCOc1ccccc1. The summed E-state index contributed by atoms with van der Waals surface area (Å²) in [6.45, 7) is 3.69. The van der Waals surface area contributed by atoms with Gasteiger partial charge < -0.3 is 24.4 Å². The molecule has 0 radical (unpaired) electrons. The molecule has 1 saturated heterocycles. The number of hydrogen-bond donors (Lipinski definition) is 1. The summed E-state index contributed by atoms with van der Waals surface area (Å²) in [5.74, 6) is 2.63. The number of aliphatic imine (C=N–C) groups is 1. The topological polar surface area (TPSA) is 55.3 Å². The second kappa shape index (κ2) is 10.9. The fraction of sp³-hybridized carbons (Fsp3) is 0.458. The molecule has 1 N–H and O–H groups in total. The molecule has 2 aromatic carbocycles. The van der Waals surface area contributed by atoms with E-state index in [2.05, 4.69) is 27.3 Å². The Morgan fingerprint density at radius 1 is 1.07 bits per heavy atom. The third kappa shape index (κ3) is 5.66. The van der Waals surface area contributed by atoms with Crippen molar-refractivity contribution in [3.63, 3.8) is 0 Å². The highest BCUT2D eigenvalue weighted by molar-refractivity contribution is 5.79. The van der Waals surface area contributed by atoms with Gasteiger partial charge in [-0.1, -0.05) is 30.3 Å². The summed E-state index contributed by atoms with van der Waals surface area (Å²) >= 11 is 0. The van der Waals surface area contributed by atoms with Crippen molar-refractivity contribution in [2.24, 2.45) is 4.99 Å². The van der Waals surface area contributed by atoms with Crippen LogP contribution in [-0.4, -0.2) is 65.0 Å². The van der Waals surface area contributed by atoms with Crippen LogP contribution in [0.2, 0.25) is 0 Å². The predicted octanol–water partition coefficient (Wildman–Crippen LogP) is 3.33. The first-order chi connectivity index (χ1) is 14.7. The van der Waals surface area contributed by atoms with Crippen LogP contribution in [0.3, 0.4) is 0 Å². The summed E-state index contributed by atoms with van der Waals surface area (Å²) in [5, 5.41) is 3.59. The zero-order valence-electron chi connectivity index (χ0n) is 18.3. The minimum Gasteiger partial charge on any atom is -0.497 e. The minimum absolute atomic E-state index is 0.0157. The molecule has 0 aromatic heterocycles. The molecule has 0 saturated carbocycles. The van der Waals surface area contributed by atoms with Crippen LogP contribution >= 0.6 is 0 Å². The molecule has 2 aromatic rings. The normalized spacial score (nSPS) is 16.0. The molecule has 0 spiro atoms. The van der Waals surface area contributed by atoms with E-state index in [-0.39, 0.29) is 5.41 Å². The van der Waals surface area contributed by atoms with Crippen LogP contribution in [0.15, 0.2) is 59.6 Å². The van der Waals surface area contributed by atoms with Crippen LogP contribution in [0.4, 0.5) is 0 Å². The Bertz CT molecular complexity index is 787. The van der Waals surface area contributed by atoms with Crippen molar-refractivity contribution in [2.75, 3.05) is 54.1 Å². The Morgan fingerprint density at radius 2 is 1.77 bits per heavy atom. The largest absolute Gasteiger partial charge is 0.497 e. The fourth-order valence-electron chi connectivity index (χ4n) is 3.83. The van der Waals surface area contributed by atoms with E-state index in [1.54, 1.807) is 7.11 Å². The van der Waals surface area contributed by atoms with Gasteiger partial charge in [0.15, 0.2) is 5.96 Å². The Kier molecular flexibility index (Phi) is 7.97. The van der Waals surface area contributed by atoms with Crippen molar-refractivity contribution in [3.8, 4) is 11.5 Å². The van der Waals surface area contributed by atoms with E-state index in [1.165, 1.54) is 5.56 Å². The first-order valence-electron chi connectivity index (χ1n) is 10.5. The zero-order chi connectivity index (χ0) is 21.2. The van der Waals surface area contributed by atoms with Crippen molar-refractivity contribution in [1.29, 1.82) is 0 Å². The van der Waals surface area contributed by atoms with Gasteiger partial charge in [0.1, 0.15) is 18.1 Å². The van der Waals surface area contributed by atoms with E-state index in [0.29, 0.717) is 6.61 Å². The minimum atomic E-state index is 0.0157. The average Bonchev–Trinajstić information content (AvgIpc) is 2.81. The highest BCUT2D eigenvalue weighted by Crippen LogP contribution is 2.35. The average molecular weight is 412 g/mol. The van der Waals surface area contributed by atoms with E-state index in [1.807, 2.05) is 56.6 Å². The lowest BCUT2D eigenvalue weighted by Gasteiger charge is -2.39.